The number of halogens is 8. The molecule has 78 heavy (non-hydrogen) atoms. The van der Waals surface area contributed by atoms with Gasteiger partial charge in [0.15, 0.2) is 29.2 Å². The molecule has 0 unspecified atom stereocenters. The van der Waals surface area contributed by atoms with E-state index in [2.05, 4.69) is 20.3 Å². The highest BCUT2D eigenvalue weighted by atomic mass is 35.5. The van der Waals surface area contributed by atoms with Crippen molar-refractivity contribution in [2.45, 2.75) is 172 Å². The lowest BCUT2D eigenvalue weighted by Crippen LogP contribution is -2.58. The highest BCUT2D eigenvalue weighted by molar-refractivity contribution is 7.94. The molecule has 5 fully saturated rings. The van der Waals surface area contributed by atoms with Gasteiger partial charge in [-0.15, -0.1) is 24.8 Å². The summed E-state index contributed by atoms with van der Waals surface area (Å²) in [6, 6.07) is 24.1. The number of alkyl halides is 6. The van der Waals surface area contributed by atoms with E-state index < -0.39 is 66.2 Å². The van der Waals surface area contributed by atoms with Crippen LogP contribution in [0, 0.1) is 0 Å². The molecule has 0 spiro atoms. The van der Waals surface area contributed by atoms with Crippen LogP contribution < -0.4 is 11.0 Å². The summed E-state index contributed by atoms with van der Waals surface area (Å²) in [7, 11) is -8.15. The van der Waals surface area contributed by atoms with Crippen LogP contribution in [0.4, 0.5) is 26.3 Å². The molecule has 3 saturated carbocycles. The number of piperidine rings is 2. The molecule has 3 aromatic carbocycles. The molecule has 4 aromatic rings. The molecular formula is C55H69Cl2F6N5O8S2. The lowest BCUT2D eigenvalue weighted by atomic mass is 9.94. The molecule has 2 amide bonds. The Morgan fingerprint density at radius 3 is 1.40 bits per heavy atom. The van der Waals surface area contributed by atoms with Crippen LogP contribution in [0.3, 0.4) is 0 Å². The molecular weight excluding hydrogens is 1110 g/mol. The van der Waals surface area contributed by atoms with Gasteiger partial charge in [-0.1, -0.05) is 73.9 Å². The Morgan fingerprint density at radius 1 is 0.577 bits per heavy atom. The number of sulfone groups is 2. The summed E-state index contributed by atoms with van der Waals surface area (Å²) in [5, 5.41) is 9.32. The number of carbonyl (C=O) groups is 2. The minimum absolute atomic E-state index is 0. The van der Waals surface area contributed by atoms with Crippen molar-refractivity contribution in [3.63, 3.8) is 0 Å². The van der Waals surface area contributed by atoms with Crippen LogP contribution in [0.5, 0.6) is 0 Å². The van der Waals surface area contributed by atoms with E-state index >= 15 is 0 Å². The van der Waals surface area contributed by atoms with Crippen molar-refractivity contribution in [3.8, 4) is 22.4 Å². The van der Waals surface area contributed by atoms with Gasteiger partial charge in [-0.05, 0) is 142 Å². The molecule has 3 aliphatic carbocycles. The first-order valence-electron chi connectivity index (χ1n) is 26.4. The van der Waals surface area contributed by atoms with Crippen molar-refractivity contribution >= 4 is 56.3 Å². The van der Waals surface area contributed by atoms with E-state index in [1.54, 1.807) is 66.1 Å². The minimum Gasteiger partial charge on any atom is -0.300 e. The molecule has 3 heterocycles. The van der Waals surface area contributed by atoms with Crippen LogP contribution in [0.25, 0.3) is 22.4 Å². The summed E-state index contributed by atoms with van der Waals surface area (Å²) in [5.74, 6) is -1.50. The Bertz CT molecular complexity index is 2820. The zero-order chi connectivity index (χ0) is 54.4. The van der Waals surface area contributed by atoms with E-state index in [4.69, 9.17) is 4.84 Å². The van der Waals surface area contributed by atoms with Gasteiger partial charge >= 0.3 is 12.4 Å². The standard InChI is InChI=1S/C31H39F3N2O4S.C24H28F3N3O4S.2ClH/c32-31(33,34)18-4-5-23-8-10-24(11-9-23)25-12-16-28(17-13-25)41(38,39)30(19-21-36(22-20-30)26-14-15-26)29(37)35-40-27-6-2-1-3-7-27;25-24(26,27)11-1-2-17-3-10-21(28-16-17)18-4-8-20(9-5-18)35(33,34)23(22(31)29-32)12-14-30(15-13-23)19-6-7-19;;/h8-13,16-17,26-27H,1-7,14-15,18-22H2,(H,35,37);3-5,8-10,16,19,32H,1-2,6-7,11-15H2,(H,29,31);2*1H. The van der Waals surface area contributed by atoms with Crippen LogP contribution in [0.1, 0.15) is 120 Å². The minimum atomic E-state index is -4.18. The molecule has 5 aliphatic rings. The van der Waals surface area contributed by atoms with Gasteiger partial charge in [0, 0.05) is 62.9 Å². The maximum Gasteiger partial charge on any atom is 0.389 e. The normalized spacial score (nSPS) is 19.3. The van der Waals surface area contributed by atoms with Crippen LogP contribution in [-0.4, -0.2) is 115 Å². The van der Waals surface area contributed by atoms with Gasteiger partial charge in [0.05, 0.1) is 21.6 Å². The summed E-state index contributed by atoms with van der Waals surface area (Å²) in [6.45, 7) is 2.03. The fourth-order valence-electron chi connectivity index (χ4n) is 10.8. The molecule has 430 valence electrons. The second-order valence-corrected chi connectivity index (χ2v) is 25.5. The molecule has 0 atom stereocenters. The lowest BCUT2D eigenvalue weighted by molar-refractivity contribution is -0.144. The summed E-state index contributed by atoms with van der Waals surface area (Å²) < 4.78 is 126. The predicted molar refractivity (Wildman–Crippen MR) is 288 cm³/mol. The number of carbonyl (C=O) groups excluding carboxylic acids is 2. The monoisotopic (exact) mass is 1180 g/mol. The maximum absolute atomic E-state index is 14.1. The van der Waals surface area contributed by atoms with E-state index in [9.17, 15) is 58.0 Å². The topological polar surface area (TPSA) is 175 Å². The summed E-state index contributed by atoms with van der Waals surface area (Å²) >= 11 is 0. The first kappa shape index (κ1) is 62.8. The third kappa shape index (κ3) is 15.3. The van der Waals surface area contributed by atoms with Crippen molar-refractivity contribution in [1.29, 1.82) is 0 Å². The van der Waals surface area contributed by atoms with Crippen LogP contribution in [0.2, 0.25) is 0 Å². The Kier molecular flexibility index (Phi) is 21.3. The van der Waals surface area contributed by atoms with Crippen molar-refractivity contribution in [2.75, 3.05) is 26.2 Å². The highest BCUT2D eigenvalue weighted by Gasteiger charge is 2.55. The molecule has 2 aliphatic heterocycles. The van der Waals surface area contributed by atoms with Crippen molar-refractivity contribution < 1.29 is 62.8 Å². The van der Waals surface area contributed by atoms with Gasteiger partial charge in [0.2, 0.25) is 0 Å². The number of amides is 2. The molecule has 1 aromatic heterocycles. The van der Waals surface area contributed by atoms with Gasteiger partial charge in [-0.25, -0.2) is 27.8 Å². The quantitative estimate of drug-likeness (QED) is 0.0491. The van der Waals surface area contributed by atoms with Crippen molar-refractivity contribution in [3.05, 3.63) is 102 Å². The number of pyridine rings is 1. The van der Waals surface area contributed by atoms with E-state index in [1.807, 2.05) is 12.1 Å². The van der Waals surface area contributed by atoms with Gasteiger partial charge in [0.25, 0.3) is 11.8 Å². The summed E-state index contributed by atoms with van der Waals surface area (Å²) in [6.07, 6.45) is 1.98. The zero-order valence-corrected chi connectivity index (χ0v) is 46.5. The second-order valence-electron chi connectivity index (χ2n) is 21.0. The maximum atomic E-state index is 14.1. The molecule has 3 N–H and O–H groups in total. The number of aromatic nitrogens is 1. The summed E-state index contributed by atoms with van der Waals surface area (Å²) in [4.78, 5) is 40.8. The Hall–Kier alpha value is -4.35. The number of hydrogen-bond acceptors (Lipinski definition) is 11. The van der Waals surface area contributed by atoms with E-state index in [1.165, 1.54) is 18.3 Å². The number of rotatable bonds is 18. The van der Waals surface area contributed by atoms with Gasteiger partial charge in [-0.3, -0.25) is 24.6 Å². The number of nitrogens with one attached hydrogen (secondary N) is 2. The fraction of sp³-hybridized carbons (Fsp3) is 0.545. The molecule has 2 saturated heterocycles. The van der Waals surface area contributed by atoms with Crippen LogP contribution >= 0.6 is 24.8 Å². The average Bonchev–Trinajstić information content (AvgIpc) is 4.45. The Morgan fingerprint density at radius 2 is 0.987 bits per heavy atom. The molecule has 0 bridgehead atoms. The summed E-state index contributed by atoms with van der Waals surface area (Å²) in [5.41, 5.74) is 8.44. The van der Waals surface area contributed by atoms with Gasteiger partial charge in [-0.2, -0.15) is 26.3 Å². The van der Waals surface area contributed by atoms with E-state index in [0.29, 0.717) is 61.5 Å². The number of hydrogen-bond donors (Lipinski definition) is 3. The number of hydroxylamine groups is 2. The van der Waals surface area contributed by atoms with Gasteiger partial charge < -0.3 is 9.80 Å². The Labute approximate surface area is 465 Å². The molecule has 23 heteroatoms. The predicted octanol–water partition coefficient (Wildman–Crippen LogP) is 11.1. The number of nitrogens with zero attached hydrogens (tertiary/aromatic N) is 3. The average molecular weight is 1180 g/mol. The molecule has 9 rings (SSSR count). The number of aryl methyl sites for hydroxylation is 2. The highest BCUT2D eigenvalue weighted by Crippen LogP contribution is 2.42. The molecule has 13 nitrogen and oxygen atoms in total. The SMILES string of the molecule is Cl.Cl.O=C(NO)C1(S(=O)(=O)c2ccc(-c3ccc(CCCC(F)(F)F)cn3)cc2)CCN(C2CC2)CC1.O=C(NOC1CCCCC1)C1(S(=O)(=O)c2ccc(-c3ccc(CCCC(F)(F)F)cc3)cc2)CCN(C2CC2)CC1. The number of benzene rings is 3. The zero-order valence-electron chi connectivity index (χ0n) is 43.2. The van der Waals surface area contributed by atoms with Crippen LogP contribution in [0.15, 0.2) is 101 Å². The first-order chi connectivity index (χ1) is 36.1. The third-order valence-electron chi connectivity index (χ3n) is 15.8. The van der Waals surface area contributed by atoms with Crippen LogP contribution in [-0.2, 0) is 46.9 Å². The fourth-order valence-corrected chi connectivity index (χ4v) is 14.7. The van der Waals surface area contributed by atoms with E-state index in [0.717, 1.165) is 74.5 Å². The van der Waals surface area contributed by atoms with E-state index in [-0.39, 0.29) is 85.7 Å². The van der Waals surface area contributed by atoms with Crippen molar-refractivity contribution in [1.82, 2.24) is 25.7 Å². The van der Waals surface area contributed by atoms with Crippen molar-refractivity contribution in [2.24, 2.45) is 0 Å². The molecule has 0 radical (unpaired) electrons. The Balaban J connectivity index is 0.000000249. The smallest absolute Gasteiger partial charge is 0.300 e. The number of likely N-dealkylation sites (tertiary alicyclic amines) is 2. The lowest BCUT2D eigenvalue weighted by Gasteiger charge is -2.40. The third-order valence-corrected chi connectivity index (χ3v) is 20.8. The second kappa shape index (κ2) is 26.5. The largest absolute Gasteiger partial charge is 0.389 e. The van der Waals surface area contributed by atoms with Gasteiger partial charge in [0.1, 0.15) is 0 Å². The first-order valence-corrected chi connectivity index (χ1v) is 29.4.